The molecule has 25 heavy (non-hydrogen) atoms. The smallest absolute Gasteiger partial charge is 0.341 e. The third kappa shape index (κ3) is 3.11. The lowest BCUT2D eigenvalue weighted by atomic mass is 10.0. The maximum Gasteiger partial charge on any atom is 0.341 e. The number of rotatable bonds is 2. The summed E-state index contributed by atoms with van der Waals surface area (Å²) in [7, 11) is 0. The molecule has 1 aromatic heterocycles. The van der Waals surface area contributed by atoms with Crippen molar-refractivity contribution in [2.45, 2.75) is 26.3 Å². The fraction of sp³-hybridized carbons (Fsp3) is 0.444. The van der Waals surface area contributed by atoms with Gasteiger partial charge in [0, 0.05) is 43.3 Å². The van der Waals surface area contributed by atoms with Gasteiger partial charge in [0.15, 0.2) is 0 Å². The van der Waals surface area contributed by atoms with Gasteiger partial charge in [0.1, 0.15) is 11.4 Å². The van der Waals surface area contributed by atoms with Crippen LogP contribution in [0.2, 0.25) is 0 Å². The maximum absolute atomic E-state index is 14.7. The number of piperazine rings is 1. The average molecular weight is 347 g/mol. The van der Waals surface area contributed by atoms with Crippen molar-refractivity contribution in [1.82, 2.24) is 9.88 Å². The van der Waals surface area contributed by atoms with Crippen LogP contribution in [-0.2, 0) is 5.54 Å². The number of pyridine rings is 1. The van der Waals surface area contributed by atoms with Crippen LogP contribution in [0.25, 0.3) is 10.9 Å². The first-order valence-corrected chi connectivity index (χ1v) is 8.28. The quantitative estimate of drug-likeness (QED) is 0.869. The Morgan fingerprint density at radius 2 is 1.88 bits per heavy atom. The van der Waals surface area contributed by atoms with Gasteiger partial charge in [-0.3, -0.25) is 4.79 Å². The molecule has 0 amide bonds. The molecule has 3 rings (SSSR count). The monoisotopic (exact) mass is 347 g/mol. The molecule has 0 atom stereocenters. The summed E-state index contributed by atoms with van der Waals surface area (Å²) in [6, 6.07) is 2.83. The van der Waals surface area contributed by atoms with E-state index < -0.39 is 22.8 Å². The molecular formula is C18H22FN3O3. The molecule has 1 aliphatic rings. The maximum atomic E-state index is 14.7. The number of aromatic nitrogens is 1. The number of fused-ring (bicyclic) bond motifs is 1. The molecule has 0 radical (unpaired) electrons. The highest BCUT2D eigenvalue weighted by molar-refractivity contribution is 5.93. The van der Waals surface area contributed by atoms with Crippen LogP contribution in [0.1, 0.15) is 31.1 Å². The first kappa shape index (κ1) is 17.4. The average Bonchev–Trinajstić information content (AvgIpc) is 2.54. The fourth-order valence-corrected chi connectivity index (χ4v) is 3.19. The van der Waals surface area contributed by atoms with Gasteiger partial charge in [-0.2, -0.15) is 0 Å². The molecule has 0 aliphatic carbocycles. The molecule has 0 unspecified atom stereocenters. The largest absolute Gasteiger partial charge is 0.477 e. The third-order valence-corrected chi connectivity index (χ3v) is 4.48. The van der Waals surface area contributed by atoms with Gasteiger partial charge in [-0.15, -0.1) is 0 Å². The van der Waals surface area contributed by atoms with Gasteiger partial charge in [0.05, 0.1) is 11.2 Å². The molecular weight excluding hydrogens is 325 g/mol. The number of hydrogen-bond acceptors (Lipinski definition) is 4. The Hall–Kier alpha value is -2.41. The number of hydrogen-bond donors (Lipinski definition) is 2. The van der Waals surface area contributed by atoms with E-state index in [-0.39, 0.29) is 10.9 Å². The molecule has 0 spiro atoms. The zero-order valence-electron chi connectivity index (χ0n) is 14.6. The van der Waals surface area contributed by atoms with Crippen LogP contribution in [0, 0.1) is 5.82 Å². The van der Waals surface area contributed by atoms with Gasteiger partial charge >= 0.3 is 5.97 Å². The molecule has 7 heteroatoms. The van der Waals surface area contributed by atoms with E-state index in [0.717, 1.165) is 13.1 Å². The normalized spacial score (nSPS) is 15.6. The SMILES string of the molecule is CC(C)(C)n1cc(C(=O)O)c(=O)c2cc(F)c(N3CCNCC3)cc21. The van der Waals surface area contributed by atoms with Crippen molar-refractivity contribution >= 4 is 22.6 Å². The number of nitrogens with one attached hydrogen (secondary N) is 1. The van der Waals surface area contributed by atoms with E-state index in [9.17, 15) is 19.1 Å². The van der Waals surface area contributed by atoms with Crippen LogP contribution in [0.4, 0.5) is 10.1 Å². The lowest BCUT2D eigenvalue weighted by Crippen LogP contribution is -2.44. The summed E-state index contributed by atoms with van der Waals surface area (Å²) >= 11 is 0. The minimum Gasteiger partial charge on any atom is -0.477 e. The van der Waals surface area contributed by atoms with Crippen LogP contribution in [0.5, 0.6) is 0 Å². The number of carbonyl (C=O) groups is 1. The van der Waals surface area contributed by atoms with E-state index >= 15 is 0 Å². The summed E-state index contributed by atoms with van der Waals surface area (Å²) in [4.78, 5) is 25.9. The highest BCUT2D eigenvalue weighted by Gasteiger charge is 2.24. The van der Waals surface area contributed by atoms with Gasteiger partial charge in [0.25, 0.3) is 0 Å². The standard InChI is InChI=1S/C18H22FN3O3/c1-18(2,3)22-10-12(17(24)25)16(23)11-8-13(19)15(9-14(11)22)21-6-4-20-5-7-21/h8-10,20H,4-7H2,1-3H3,(H,24,25). The Balaban J connectivity index is 2.32. The number of benzene rings is 1. The first-order chi connectivity index (χ1) is 11.7. The number of carboxylic acid groups (broad SMARTS) is 1. The van der Waals surface area contributed by atoms with Crippen LogP contribution in [0.3, 0.4) is 0 Å². The van der Waals surface area contributed by atoms with Gasteiger partial charge in [0.2, 0.25) is 5.43 Å². The Morgan fingerprint density at radius 3 is 2.44 bits per heavy atom. The minimum absolute atomic E-state index is 0.0891. The lowest BCUT2D eigenvalue weighted by Gasteiger charge is -2.31. The molecule has 2 aromatic rings. The molecule has 1 aliphatic heterocycles. The Kier molecular flexibility index (Phi) is 4.28. The second-order valence-corrected chi connectivity index (χ2v) is 7.28. The van der Waals surface area contributed by atoms with Crippen LogP contribution < -0.4 is 15.6 Å². The number of halogens is 1. The van der Waals surface area contributed by atoms with E-state index in [1.165, 1.54) is 12.3 Å². The first-order valence-electron chi connectivity index (χ1n) is 8.28. The molecule has 0 saturated carbocycles. The highest BCUT2D eigenvalue weighted by atomic mass is 19.1. The zero-order chi connectivity index (χ0) is 18.4. The molecule has 2 heterocycles. The highest BCUT2D eigenvalue weighted by Crippen LogP contribution is 2.28. The van der Waals surface area contributed by atoms with Crippen LogP contribution >= 0.6 is 0 Å². The van der Waals surface area contributed by atoms with Crippen molar-refractivity contribution in [2.75, 3.05) is 31.1 Å². The van der Waals surface area contributed by atoms with Crippen molar-refractivity contribution < 1.29 is 14.3 Å². The van der Waals surface area contributed by atoms with Crippen molar-refractivity contribution in [2.24, 2.45) is 0 Å². The van der Waals surface area contributed by atoms with Crippen molar-refractivity contribution in [1.29, 1.82) is 0 Å². The van der Waals surface area contributed by atoms with Crippen molar-refractivity contribution in [3.63, 3.8) is 0 Å². The number of anilines is 1. The van der Waals surface area contributed by atoms with E-state index in [4.69, 9.17) is 0 Å². The summed E-state index contributed by atoms with van der Waals surface area (Å²) in [5, 5.41) is 12.6. The lowest BCUT2D eigenvalue weighted by molar-refractivity contribution is 0.0694. The predicted molar refractivity (Wildman–Crippen MR) is 95.2 cm³/mol. The molecule has 1 fully saturated rings. The zero-order valence-corrected chi connectivity index (χ0v) is 14.6. The van der Waals surface area contributed by atoms with E-state index in [0.29, 0.717) is 24.3 Å². The summed E-state index contributed by atoms with van der Waals surface area (Å²) in [5.74, 6) is -1.81. The van der Waals surface area contributed by atoms with E-state index in [1.807, 2.05) is 25.7 Å². The molecule has 134 valence electrons. The molecule has 1 aromatic carbocycles. The number of nitrogens with zero attached hydrogens (tertiary/aromatic N) is 2. The Bertz CT molecular complexity index is 893. The summed E-state index contributed by atoms with van der Waals surface area (Å²) in [5.41, 5.74) is -0.494. The molecule has 1 saturated heterocycles. The van der Waals surface area contributed by atoms with Gasteiger partial charge < -0.3 is 19.9 Å². The van der Waals surface area contributed by atoms with E-state index in [1.54, 1.807) is 10.6 Å². The second-order valence-electron chi connectivity index (χ2n) is 7.28. The molecule has 6 nitrogen and oxygen atoms in total. The van der Waals surface area contributed by atoms with Crippen molar-refractivity contribution in [3.05, 3.63) is 39.9 Å². The Morgan fingerprint density at radius 1 is 1.24 bits per heavy atom. The third-order valence-electron chi connectivity index (χ3n) is 4.48. The van der Waals surface area contributed by atoms with Gasteiger partial charge in [-0.1, -0.05) is 0 Å². The number of carboxylic acids is 1. The summed E-state index contributed by atoms with van der Waals surface area (Å²) < 4.78 is 16.4. The van der Waals surface area contributed by atoms with Crippen LogP contribution in [-0.4, -0.2) is 41.8 Å². The minimum atomic E-state index is -1.31. The Labute approximate surface area is 144 Å². The predicted octanol–water partition coefficient (Wildman–Crippen LogP) is 2.00. The summed E-state index contributed by atoms with van der Waals surface area (Å²) in [6.07, 6.45) is 1.35. The second kappa shape index (κ2) is 6.15. The van der Waals surface area contributed by atoms with Gasteiger partial charge in [-0.05, 0) is 32.9 Å². The molecule has 2 N–H and O–H groups in total. The van der Waals surface area contributed by atoms with Gasteiger partial charge in [-0.25, -0.2) is 9.18 Å². The summed E-state index contributed by atoms with van der Waals surface area (Å²) in [6.45, 7) is 8.62. The number of aromatic carboxylic acids is 1. The van der Waals surface area contributed by atoms with Crippen molar-refractivity contribution in [3.8, 4) is 0 Å². The topological polar surface area (TPSA) is 74.6 Å². The molecule has 0 bridgehead atoms. The van der Waals surface area contributed by atoms with Crippen LogP contribution in [0.15, 0.2) is 23.1 Å². The fourth-order valence-electron chi connectivity index (χ4n) is 3.19. The van der Waals surface area contributed by atoms with E-state index in [2.05, 4.69) is 5.32 Å².